The molecule has 0 saturated heterocycles. The van der Waals surface area contributed by atoms with Gasteiger partial charge >= 0.3 is 0 Å². The lowest BCUT2D eigenvalue weighted by Gasteiger charge is -2.06. The Bertz CT molecular complexity index is 437. The number of fused-ring (bicyclic) bond motifs is 1. The van der Waals surface area contributed by atoms with Crippen LogP contribution in [0.4, 0.5) is 0 Å². The molecule has 80 valence electrons. The predicted molar refractivity (Wildman–Crippen MR) is 55.3 cm³/mol. The lowest BCUT2D eigenvalue weighted by atomic mass is 10.1. The third-order valence-corrected chi connectivity index (χ3v) is 2.39. The number of hydrogen-bond donors (Lipinski definition) is 1. The Labute approximate surface area is 87.5 Å². The monoisotopic (exact) mass is 206 g/mol. The molecule has 6 nitrogen and oxygen atoms in total. The van der Waals surface area contributed by atoms with Crippen molar-refractivity contribution in [2.45, 2.75) is 25.7 Å². The lowest BCUT2D eigenvalue weighted by Crippen LogP contribution is -2.06. The summed E-state index contributed by atoms with van der Waals surface area (Å²) in [5.41, 5.74) is 6.16. The van der Waals surface area contributed by atoms with Crippen LogP contribution in [0.25, 0.3) is 5.65 Å². The van der Waals surface area contributed by atoms with Crippen molar-refractivity contribution >= 4 is 5.65 Å². The van der Waals surface area contributed by atoms with Gasteiger partial charge in [-0.15, -0.1) is 10.2 Å². The van der Waals surface area contributed by atoms with E-state index in [1.54, 1.807) is 10.7 Å². The summed E-state index contributed by atoms with van der Waals surface area (Å²) in [5.74, 6) is 1.19. The average molecular weight is 206 g/mol. The van der Waals surface area contributed by atoms with Gasteiger partial charge in [-0.05, 0) is 19.4 Å². The van der Waals surface area contributed by atoms with Crippen LogP contribution in [0.3, 0.4) is 0 Å². The average Bonchev–Trinajstić information content (AvgIpc) is 2.69. The van der Waals surface area contributed by atoms with Gasteiger partial charge < -0.3 is 5.73 Å². The van der Waals surface area contributed by atoms with Gasteiger partial charge in [-0.2, -0.15) is 9.61 Å². The van der Waals surface area contributed by atoms with Crippen molar-refractivity contribution in [3.05, 3.63) is 18.3 Å². The minimum absolute atomic E-state index is 0.318. The molecule has 2 rings (SSSR count). The Kier molecular flexibility index (Phi) is 2.86. The zero-order valence-corrected chi connectivity index (χ0v) is 8.67. The first-order chi connectivity index (χ1) is 7.33. The van der Waals surface area contributed by atoms with Crippen LogP contribution in [0.15, 0.2) is 12.5 Å². The van der Waals surface area contributed by atoms with Gasteiger partial charge in [-0.3, -0.25) is 0 Å². The van der Waals surface area contributed by atoms with Crippen molar-refractivity contribution in [3.63, 3.8) is 0 Å². The smallest absolute Gasteiger partial charge is 0.196 e. The Hall–Kier alpha value is -1.56. The summed E-state index contributed by atoms with van der Waals surface area (Å²) >= 11 is 0. The molecule has 0 saturated carbocycles. The molecule has 0 bridgehead atoms. The van der Waals surface area contributed by atoms with E-state index in [2.05, 4.69) is 27.2 Å². The summed E-state index contributed by atoms with van der Waals surface area (Å²) in [6, 6.07) is 0. The molecular weight excluding hydrogens is 192 g/mol. The third kappa shape index (κ3) is 1.94. The molecule has 2 aromatic heterocycles. The standard InChI is InChI=1S/C9H14N6/c1-7(3-2-4-10)9-14-13-8-5-11-6-12-15(8)9/h5-7H,2-4,10H2,1H3. The largest absolute Gasteiger partial charge is 0.330 e. The molecule has 0 aliphatic rings. The quantitative estimate of drug-likeness (QED) is 0.781. The number of hydrogen-bond acceptors (Lipinski definition) is 5. The molecule has 0 aliphatic heterocycles. The van der Waals surface area contributed by atoms with E-state index in [9.17, 15) is 0 Å². The molecule has 0 amide bonds. The van der Waals surface area contributed by atoms with Gasteiger partial charge in [0.1, 0.15) is 6.33 Å². The van der Waals surface area contributed by atoms with Crippen LogP contribution in [0, 0.1) is 0 Å². The Morgan fingerprint density at radius 2 is 2.33 bits per heavy atom. The van der Waals surface area contributed by atoms with Gasteiger partial charge in [0.15, 0.2) is 11.5 Å². The molecule has 1 unspecified atom stereocenters. The highest BCUT2D eigenvalue weighted by atomic mass is 15.4. The van der Waals surface area contributed by atoms with Crippen molar-refractivity contribution < 1.29 is 0 Å². The summed E-state index contributed by atoms with van der Waals surface area (Å²) in [5, 5.41) is 12.2. The molecular formula is C9H14N6. The van der Waals surface area contributed by atoms with Crippen LogP contribution >= 0.6 is 0 Å². The van der Waals surface area contributed by atoms with Crippen molar-refractivity contribution in [1.29, 1.82) is 0 Å². The Morgan fingerprint density at radius 1 is 1.47 bits per heavy atom. The highest BCUT2D eigenvalue weighted by molar-refractivity contribution is 5.32. The molecule has 0 radical (unpaired) electrons. The normalized spacial score (nSPS) is 13.2. The molecule has 0 spiro atoms. The minimum atomic E-state index is 0.318. The fourth-order valence-corrected chi connectivity index (χ4v) is 1.55. The second kappa shape index (κ2) is 4.31. The van der Waals surface area contributed by atoms with Gasteiger partial charge in [0.2, 0.25) is 0 Å². The molecule has 15 heavy (non-hydrogen) atoms. The maximum atomic E-state index is 5.47. The summed E-state index contributed by atoms with van der Waals surface area (Å²) < 4.78 is 1.73. The van der Waals surface area contributed by atoms with Crippen LogP contribution in [0.2, 0.25) is 0 Å². The summed E-state index contributed by atoms with van der Waals surface area (Å²) in [7, 11) is 0. The first-order valence-corrected chi connectivity index (χ1v) is 5.04. The number of nitrogens with two attached hydrogens (primary N) is 1. The van der Waals surface area contributed by atoms with E-state index in [1.165, 1.54) is 6.33 Å². The first kappa shape index (κ1) is 9.97. The molecule has 6 heteroatoms. The second-order valence-corrected chi connectivity index (χ2v) is 3.57. The predicted octanol–water partition coefficient (Wildman–Crippen LogP) is 0.362. The molecule has 2 heterocycles. The Morgan fingerprint density at radius 3 is 3.13 bits per heavy atom. The van der Waals surface area contributed by atoms with Gasteiger partial charge in [0, 0.05) is 5.92 Å². The van der Waals surface area contributed by atoms with E-state index >= 15 is 0 Å². The van der Waals surface area contributed by atoms with Crippen LogP contribution in [-0.4, -0.2) is 31.3 Å². The van der Waals surface area contributed by atoms with E-state index in [0.29, 0.717) is 18.1 Å². The molecule has 2 N–H and O–H groups in total. The molecule has 1 atom stereocenters. The maximum absolute atomic E-state index is 5.47. The van der Waals surface area contributed by atoms with Crippen molar-refractivity contribution in [3.8, 4) is 0 Å². The van der Waals surface area contributed by atoms with Crippen LogP contribution in [0.5, 0.6) is 0 Å². The third-order valence-electron chi connectivity index (χ3n) is 2.39. The van der Waals surface area contributed by atoms with Crippen molar-refractivity contribution in [2.24, 2.45) is 5.73 Å². The number of aromatic nitrogens is 5. The van der Waals surface area contributed by atoms with Gasteiger partial charge in [0.25, 0.3) is 0 Å². The zero-order chi connectivity index (χ0) is 10.7. The molecule has 0 aliphatic carbocycles. The fourth-order valence-electron chi connectivity index (χ4n) is 1.55. The minimum Gasteiger partial charge on any atom is -0.330 e. The maximum Gasteiger partial charge on any atom is 0.196 e. The number of nitrogens with zero attached hydrogens (tertiary/aromatic N) is 5. The van der Waals surface area contributed by atoms with Gasteiger partial charge in [-0.1, -0.05) is 6.92 Å². The van der Waals surface area contributed by atoms with E-state index in [-0.39, 0.29) is 0 Å². The van der Waals surface area contributed by atoms with E-state index < -0.39 is 0 Å². The first-order valence-electron chi connectivity index (χ1n) is 5.04. The highest BCUT2D eigenvalue weighted by Crippen LogP contribution is 2.17. The lowest BCUT2D eigenvalue weighted by molar-refractivity contribution is 0.590. The van der Waals surface area contributed by atoms with Crippen molar-refractivity contribution in [1.82, 2.24) is 24.8 Å². The summed E-state index contributed by atoms with van der Waals surface area (Å²) in [4.78, 5) is 3.89. The Balaban J connectivity index is 2.27. The van der Waals surface area contributed by atoms with E-state index in [1.807, 2.05) is 0 Å². The highest BCUT2D eigenvalue weighted by Gasteiger charge is 2.13. The molecule has 0 fully saturated rings. The zero-order valence-electron chi connectivity index (χ0n) is 8.67. The summed E-state index contributed by atoms with van der Waals surface area (Å²) in [6.45, 7) is 2.81. The number of rotatable bonds is 4. The van der Waals surface area contributed by atoms with E-state index in [4.69, 9.17) is 5.73 Å². The van der Waals surface area contributed by atoms with Gasteiger partial charge in [0.05, 0.1) is 6.20 Å². The summed E-state index contributed by atoms with van der Waals surface area (Å²) in [6.07, 6.45) is 5.14. The van der Waals surface area contributed by atoms with Crippen LogP contribution in [0.1, 0.15) is 31.5 Å². The van der Waals surface area contributed by atoms with Crippen molar-refractivity contribution in [2.75, 3.05) is 6.54 Å². The second-order valence-electron chi connectivity index (χ2n) is 3.57. The molecule has 0 aromatic carbocycles. The fraction of sp³-hybridized carbons (Fsp3) is 0.556. The van der Waals surface area contributed by atoms with Crippen LogP contribution in [-0.2, 0) is 0 Å². The molecule has 2 aromatic rings. The SMILES string of the molecule is CC(CCCN)c1nnc2cncnn12. The van der Waals surface area contributed by atoms with Gasteiger partial charge in [-0.25, -0.2) is 4.98 Å². The van der Waals surface area contributed by atoms with E-state index in [0.717, 1.165) is 18.7 Å². The topological polar surface area (TPSA) is 82.0 Å². The van der Waals surface area contributed by atoms with Crippen LogP contribution < -0.4 is 5.73 Å².